The SMILES string of the molecule is Cc1ccc(C)c(NC(=O)c2cc(NCc3ccc(F)cc3)ncn2)c1. The van der Waals surface area contributed by atoms with Gasteiger partial charge in [-0.05, 0) is 48.7 Å². The van der Waals surface area contributed by atoms with Gasteiger partial charge in [-0.1, -0.05) is 24.3 Å². The van der Waals surface area contributed by atoms with Crippen LogP contribution in [0.1, 0.15) is 27.2 Å². The minimum absolute atomic E-state index is 0.266. The van der Waals surface area contributed by atoms with Crippen LogP contribution in [0.4, 0.5) is 15.9 Å². The highest BCUT2D eigenvalue weighted by atomic mass is 19.1. The first kappa shape index (κ1) is 17.5. The number of hydrogen-bond acceptors (Lipinski definition) is 4. The zero-order valence-corrected chi connectivity index (χ0v) is 14.6. The van der Waals surface area contributed by atoms with Crippen molar-refractivity contribution in [3.63, 3.8) is 0 Å². The van der Waals surface area contributed by atoms with E-state index in [0.29, 0.717) is 12.4 Å². The average Bonchev–Trinajstić information content (AvgIpc) is 2.64. The van der Waals surface area contributed by atoms with Crippen molar-refractivity contribution in [3.05, 3.63) is 83.1 Å². The molecule has 0 atom stereocenters. The number of amides is 1. The van der Waals surface area contributed by atoms with E-state index in [2.05, 4.69) is 20.6 Å². The Balaban J connectivity index is 1.69. The molecule has 2 N–H and O–H groups in total. The molecule has 0 spiro atoms. The lowest BCUT2D eigenvalue weighted by Crippen LogP contribution is -2.15. The van der Waals surface area contributed by atoms with Gasteiger partial charge in [-0.3, -0.25) is 4.79 Å². The molecule has 0 aliphatic heterocycles. The lowest BCUT2D eigenvalue weighted by molar-refractivity contribution is 0.102. The number of carbonyl (C=O) groups is 1. The number of benzene rings is 2. The number of nitrogens with zero attached hydrogens (tertiary/aromatic N) is 2. The summed E-state index contributed by atoms with van der Waals surface area (Å²) in [6.45, 7) is 4.37. The first-order valence-electron chi connectivity index (χ1n) is 8.20. The lowest BCUT2D eigenvalue weighted by atomic mass is 10.1. The third-order valence-corrected chi connectivity index (χ3v) is 3.93. The second-order valence-corrected chi connectivity index (χ2v) is 6.04. The Kier molecular flexibility index (Phi) is 5.22. The molecule has 0 aliphatic carbocycles. The second-order valence-electron chi connectivity index (χ2n) is 6.04. The number of nitrogens with one attached hydrogen (secondary N) is 2. The molecule has 0 unspecified atom stereocenters. The standard InChI is InChI=1S/C20H19FN4O/c1-13-3-4-14(2)17(9-13)25-20(26)18-10-19(24-12-23-18)22-11-15-5-7-16(21)8-6-15/h3-10,12H,11H2,1-2H3,(H,25,26)(H,22,23,24). The van der Waals surface area contributed by atoms with Gasteiger partial charge >= 0.3 is 0 Å². The minimum Gasteiger partial charge on any atom is -0.366 e. The van der Waals surface area contributed by atoms with Crippen LogP contribution < -0.4 is 10.6 Å². The van der Waals surface area contributed by atoms with Gasteiger partial charge in [0.2, 0.25) is 0 Å². The van der Waals surface area contributed by atoms with E-state index in [1.807, 2.05) is 32.0 Å². The smallest absolute Gasteiger partial charge is 0.274 e. The summed E-state index contributed by atoms with van der Waals surface area (Å²) in [4.78, 5) is 20.6. The Morgan fingerprint density at radius 1 is 1.04 bits per heavy atom. The van der Waals surface area contributed by atoms with Crippen molar-refractivity contribution in [2.75, 3.05) is 10.6 Å². The minimum atomic E-state index is -0.300. The lowest BCUT2D eigenvalue weighted by Gasteiger charge is -2.10. The fourth-order valence-corrected chi connectivity index (χ4v) is 2.43. The third-order valence-electron chi connectivity index (χ3n) is 3.93. The third kappa shape index (κ3) is 4.42. The van der Waals surface area contributed by atoms with Crippen molar-refractivity contribution >= 4 is 17.4 Å². The second kappa shape index (κ2) is 7.74. The molecule has 3 aromatic rings. The van der Waals surface area contributed by atoms with E-state index in [4.69, 9.17) is 0 Å². The van der Waals surface area contributed by atoms with E-state index in [0.717, 1.165) is 22.4 Å². The molecule has 132 valence electrons. The van der Waals surface area contributed by atoms with Crippen molar-refractivity contribution in [1.29, 1.82) is 0 Å². The summed E-state index contributed by atoms with van der Waals surface area (Å²) in [6.07, 6.45) is 1.34. The maximum Gasteiger partial charge on any atom is 0.274 e. The van der Waals surface area contributed by atoms with Gasteiger partial charge in [0.25, 0.3) is 5.91 Å². The van der Waals surface area contributed by atoms with Gasteiger partial charge in [0.05, 0.1) is 0 Å². The zero-order chi connectivity index (χ0) is 18.5. The molecule has 0 bridgehead atoms. The molecular formula is C20H19FN4O. The molecule has 0 fully saturated rings. The van der Waals surface area contributed by atoms with Crippen LogP contribution in [0.25, 0.3) is 0 Å². The van der Waals surface area contributed by atoms with Crippen LogP contribution in [-0.4, -0.2) is 15.9 Å². The van der Waals surface area contributed by atoms with Gasteiger partial charge in [-0.15, -0.1) is 0 Å². The van der Waals surface area contributed by atoms with Crippen LogP contribution in [0.15, 0.2) is 54.9 Å². The fourth-order valence-electron chi connectivity index (χ4n) is 2.43. The van der Waals surface area contributed by atoms with Crippen molar-refractivity contribution in [2.45, 2.75) is 20.4 Å². The average molecular weight is 350 g/mol. The van der Waals surface area contributed by atoms with Gasteiger partial charge in [-0.2, -0.15) is 0 Å². The predicted molar refractivity (Wildman–Crippen MR) is 99.6 cm³/mol. The molecule has 2 aromatic carbocycles. The summed E-state index contributed by atoms with van der Waals surface area (Å²) in [5.74, 6) is -0.0532. The molecule has 5 nitrogen and oxygen atoms in total. The van der Waals surface area contributed by atoms with E-state index in [9.17, 15) is 9.18 Å². The first-order chi connectivity index (χ1) is 12.5. The Bertz CT molecular complexity index is 925. The zero-order valence-electron chi connectivity index (χ0n) is 14.6. The molecule has 0 saturated heterocycles. The molecule has 0 saturated carbocycles. The van der Waals surface area contributed by atoms with E-state index in [1.54, 1.807) is 18.2 Å². The molecule has 1 amide bonds. The molecule has 0 radical (unpaired) electrons. The summed E-state index contributed by atoms with van der Waals surface area (Å²) >= 11 is 0. The summed E-state index contributed by atoms with van der Waals surface area (Å²) in [5.41, 5.74) is 3.98. The predicted octanol–water partition coefficient (Wildman–Crippen LogP) is 4.10. The quantitative estimate of drug-likeness (QED) is 0.727. The fraction of sp³-hybridized carbons (Fsp3) is 0.150. The number of hydrogen-bond donors (Lipinski definition) is 2. The maximum atomic E-state index is 12.9. The number of rotatable bonds is 5. The number of aryl methyl sites for hydroxylation is 2. The van der Waals surface area contributed by atoms with Crippen molar-refractivity contribution < 1.29 is 9.18 Å². The molecule has 1 aromatic heterocycles. The number of carbonyl (C=O) groups excluding carboxylic acids is 1. The molecule has 6 heteroatoms. The Morgan fingerprint density at radius 3 is 2.58 bits per heavy atom. The highest BCUT2D eigenvalue weighted by Crippen LogP contribution is 2.17. The summed E-state index contributed by atoms with van der Waals surface area (Å²) in [6, 6.07) is 13.6. The summed E-state index contributed by atoms with van der Waals surface area (Å²) in [5, 5.41) is 5.98. The first-order valence-corrected chi connectivity index (χ1v) is 8.20. The maximum absolute atomic E-state index is 12.9. The van der Waals surface area contributed by atoms with Crippen LogP contribution in [0, 0.1) is 19.7 Å². The highest BCUT2D eigenvalue weighted by Gasteiger charge is 2.11. The largest absolute Gasteiger partial charge is 0.366 e. The molecule has 3 rings (SSSR count). The Morgan fingerprint density at radius 2 is 1.81 bits per heavy atom. The molecule has 0 aliphatic rings. The van der Waals surface area contributed by atoms with Crippen LogP contribution in [-0.2, 0) is 6.54 Å². The van der Waals surface area contributed by atoms with E-state index in [-0.39, 0.29) is 17.4 Å². The molecular weight excluding hydrogens is 331 g/mol. The van der Waals surface area contributed by atoms with Crippen LogP contribution >= 0.6 is 0 Å². The van der Waals surface area contributed by atoms with Crippen molar-refractivity contribution in [1.82, 2.24) is 9.97 Å². The van der Waals surface area contributed by atoms with Crippen molar-refractivity contribution in [3.8, 4) is 0 Å². The van der Waals surface area contributed by atoms with Gasteiger partial charge in [0.1, 0.15) is 23.7 Å². The van der Waals surface area contributed by atoms with Crippen LogP contribution in [0.2, 0.25) is 0 Å². The van der Waals surface area contributed by atoms with E-state index in [1.165, 1.54) is 18.5 Å². The van der Waals surface area contributed by atoms with Crippen LogP contribution in [0.3, 0.4) is 0 Å². The monoisotopic (exact) mass is 350 g/mol. The van der Waals surface area contributed by atoms with Gasteiger partial charge in [-0.25, -0.2) is 14.4 Å². The summed E-state index contributed by atoms with van der Waals surface area (Å²) in [7, 11) is 0. The van der Waals surface area contributed by atoms with Crippen LogP contribution in [0.5, 0.6) is 0 Å². The number of halogens is 1. The molecule has 1 heterocycles. The summed E-state index contributed by atoms with van der Waals surface area (Å²) < 4.78 is 12.9. The van der Waals surface area contributed by atoms with Crippen molar-refractivity contribution in [2.24, 2.45) is 0 Å². The number of aromatic nitrogens is 2. The highest BCUT2D eigenvalue weighted by molar-refractivity contribution is 6.03. The normalized spacial score (nSPS) is 10.4. The molecule has 26 heavy (non-hydrogen) atoms. The Hall–Kier alpha value is -3.28. The van der Waals surface area contributed by atoms with Gasteiger partial charge < -0.3 is 10.6 Å². The Labute approximate surface area is 151 Å². The number of anilines is 2. The van der Waals surface area contributed by atoms with E-state index < -0.39 is 0 Å². The van der Waals surface area contributed by atoms with Gasteiger partial charge in [0, 0.05) is 18.3 Å². The van der Waals surface area contributed by atoms with Gasteiger partial charge in [0.15, 0.2) is 0 Å². The topological polar surface area (TPSA) is 66.9 Å². The van der Waals surface area contributed by atoms with E-state index >= 15 is 0 Å².